The van der Waals surface area contributed by atoms with E-state index in [2.05, 4.69) is 5.32 Å². The average Bonchev–Trinajstić information content (AvgIpc) is 2.42. The van der Waals surface area contributed by atoms with Crippen molar-refractivity contribution >= 4 is 18.3 Å². The van der Waals surface area contributed by atoms with Crippen molar-refractivity contribution in [1.29, 1.82) is 0 Å². The summed E-state index contributed by atoms with van der Waals surface area (Å²) in [5, 5.41) is 2.83. The molecule has 0 aliphatic carbocycles. The van der Waals surface area contributed by atoms with Crippen LogP contribution >= 0.6 is 12.4 Å². The van der Waals surface area contributed by atoms with Crippen LogP contribution in [0.4, 0.5) is 0 Å². The van der Waals surface area contributed by atoms with Crippen LogP contribution in [0.3, 0.4) is 0 Å². The van der Waals surface area contributed by atoms with E-state index in [0.717, 1.165) is 12.8 Å². The summed E-state index contributed by atoms with van der Waals surface area (Å²) in [4.78, 5) is 11.9. The van der Waals surface area contributed by atoms with E-state index in [0.29, 0.717) is 30.2 Å². The van der Waals surface area contributed by atoms with E-state index in [9.17, 15) is 4.79 Å². The monoisotopic (exact) mass is 288 g/mol. The van der Waals surface area contributed by atoms with Crippen molar-refractivity contribution in [2.24, 2.45) is 5.73 Å². The van der Waals surface area contributed by atoms with Crippen LogP contribution in [0.5, 0.6) is 11.5 Å². The maximum absolute atomic E-state index is 11.9. The van der Waals surface area contributed by atoms with E-state index < -0.39 is 0 Å². The summed E-state index contributed by atoms with van der Waals surface area (Å²) in [6.07, 6.45) is 1.78. The Balaban J connectivity index is 0.00000324. The highest BCUT2D eigenvalue weighted by Crippen LogP contribution is 2.22. The number of carbonyl (C=O) groups excluding carboxylic acids is 1. The average molecular weight is 289 g/mol. The predicted octanol–water partition coefficient (Wildman–Crippen LogP) is 1.59. The van der Waals surface area contributed by atoms with Gasteiger partial charge in [-0.2, -0.15) is 0 Å². The van der Waals surface area contributed by atoms with Crippen LogP contribution in [0.2, 0.25) is 0 Å². The Labute approximate surface area is 119 Å². The SMILES string of the molecule is COc1cc(OC)cc(C(=O)NCCCCN)c1.Cl. The molecular formula is C13H21ClN2O3. The molecule has 0 fully saturated rings. The molecule has 1 aromatic rings. The van der Waals surface area contributed by atoms with Gasteiger partial charge in [-0.15, -0.1) is 12.4 Å². The van der Waals surface area contributed by atoms with E-state index >= 15 is 0 Å². The van der Waals surface area contributed by atoms with Gasteiger partial charge in [0.25, 0.3) is 5.91 Å². The summed E-state index contributed by atoms with van der Waals surface area (Å²) in [7, 11) is 3.11. The van der Waals surface area contributed by atoms with Crippen LogP contribution < -0.4 is 20.5 Å². The molecule has 0 saturated carbocycles. The third kappa shape index (κ3) is 5.81. The Kier molecular flexibility index (Phi) is 8.74. The number of halogens is 1. The van der Waals surface area contributed by atoms with Crippen molar-refractivity contribution < 1.29 is 14.3 Å². The molecule has 0 spiro atoms. The summed E-state index contributed by atoms with van der Waals surface area (Å²) in [6, 6.07) is 5.09. The number of methoxy groups -OCH3 is 2. The van der Waals surface area contributed by atoms with E-state index in [1.54, 1.807) is 32.4 Å². The lowest BCUT2D eigenvalue weighted by Gasteiger charge is -2.09. The number of hydrogen-bond acceptors (Lipinski definition) is 4. The van der Waals surface area contributed by atoms with Gasteiger partial charge in [-0.05, 0) is 31.5 Å². The first-order chi connectivity index (χ1) is 8.71. The highest BCUT2D eigenvalue weighted by atomic mass is 35.5. The second-order valence-corrected chi connectivity index (χ2v) is 3.85. The van der Waals surface area contributed by atoms with Gasteiger partial charge in [0.15, 0.2) is 0 Å². The molecule has 19 heavy (non-hydrogen) atoms. The Hall–Kier alpha value is -1.46. The third-order valence-electron chi connectivity index (χ3n) is 2.53. The summed E-state index contributed by atoms with van der Waals surface area (Å²) in [5.74, 6) is 1.06. The summed E-state index contributed by atoms with van der Waals surface area (Å²) >= 11 is 0. The normalized spacial score (nSPS) is 9.42. The smallest absolute Gasteiger partial charge is 0.251 e. The Bertz CT molecular complexity index is 377. The van der Waals surface area contributed by atoms with Crippen molar-refractivity contribution in [2.45, 2.75) is 12.8 Å². The summed E-state index contributed by atoms with van der Waals surface area (Å²) in [6.45, 7) is 1.26. The third-order valence-corrected chi connectivity index (χ3v) is 2.53. The number of ether oxygens (including phenoxy) is 2. The first kappa shape index (κ1) is 17.5. The van der Waals surface area contributed by atoms with Gasteiger partial charge < -0.3 is 20.5 Å². The fourth-order valence-corrected chi connectivity index (χ4v) is 1.51. The number of benzene rings is 1. The maximum Gasteiger partial charge on any atom is 0.251 e. The van der Waals surface area contributed by atoms with Crippen molar-refractivity contribution in [3.63, 3.8) is 0 Å². The molecule has 0 atom stereocenters. The first-order valence-electron chi connectivity index (χ1n) is 5.92. The lowest BCUT2D eigenvalue weighted by molar-refractivity contribution is 0.0952. The van der Waals surface area contributed by atoms with Crippen LogP contribution in [-0.2, 0) is 0 Å². The number of nitrogens with one attached hydrogen (secondary N) is 1. The number of amides is 1. The zero-order valence-corrected chi connectivity index (χ0v) is 12.1. The number of nitrogens with two attached hydrogens (primary N) is 1. The van der Waals surface area contributed by atoms with Gasteiger partial charge in [0.1, 0.15) is 11.5 Å². The fraction of sp³-hybridized carbons (Fsp3) is 0.462. The molecule has 0 saturated heterocycles. The zero-order valence-electron chi connectivity index (χ0n) is 11.3. The molecule has 0 bridgehead atoms. The molecule has 1 amide bonds. The van der Waals surface area contributed by atoms with Crippen molar-refractivity contribution in [3.05, 3.63) is 23.8 Å². The van der Waals surface area contributed by atoms with E-state index in [-0.39, 0.29) is 18.3 Å². The molecular weight excluding hydrogens is 268 g/mol. The summed E-state index contributed by atoms with van der Waals surface area (Å²) < 4.78 is 10.2. The number of unbranched alkanes of at least 4 members (excludes halogenated alkanes) is 1. The van der Waals surface area contributed by atoms with Crippen LogP contribution in [-0.4, -0.2) is 33.2 Å². The Morgan fingerprint density at radius 2 is 1.74 bits per heavy atom. The molecule has 0 aliphatic heterocycles. The molecule has 108 valence electrons. The minimum atomic E-state index is -0.135. The second kappa shape index (κ2) is 9.47. The quantitative estimate of drug-likeness (QED) is 0.748. The molecule has 1 aromatic carbocycles. The number of rotatable bonds is 7. The molecule has 6 heteroatoms. The van der Waals surface area contributed by atoms with Gasteiger partial charge in [0, 0.05) is 18.2 Å². The first-order valence-corrected chi connectivity index (χ1v) is 5.92. The minimum Gasteiger partial charge on any atom is -0.497 e. The highest BCUT2D eigenvalue weighted by Gasteiger charge is 2.09. The van der Waals surface area contributed by atoms with E-state index in [1.165, 1.54) is 0 Å². The van der Waals surface area contributed by atoms with Crippen LogP contribution in [0, 0.1) is 0 Å². The van der Waals surface area contributed by atoms with Crippen molar-refractivity contribution in [1.82, 2.24) is 5.32 Å². The molecule has 0 heterocycles. The standard InChI is InChI=1S/C13H20N2O3.ClH/c1-17-11-7-10(8-12(9-11)18-2)13(16)15-6-4-3-5-14;/h7-9H,3-6,14H2,1-2H3,(H,15,16);1H. The van der Waals surface area contributed by atoms with Gasteiger partial charge in [0.2, 0.25) is 0 Å². The topological polar surface area (TPSA) is 73.6 Å². The fourth-order valence-electron chi connectivity index (χ4n) is 1.51. The second-order valence-electron chi connectivity index (χ2n) is 3.85. The lowest BCUT2D eigenvalue weighted by Crippen LogP contribution is -2.24. The van der Waals surface area contributed by atoms with E-state index in [4.69, 9.17) is 15.2 Å². The number of hydrogen-bond donors (Lipinski definition) is 2. The molecule has 1 rings (SSSR count). The maximum atomic E-state index is 11.9. The zero-order chi connectivity index (χ0) is 13.4. The van der Waals surface area contributed by atoms with Crippen molar-refractivity contribution in [2.75, 3.05) is 27.3 Å². The van der Waals surface area contributed by atoms with Gasteiger partial charge in [0.05, 0.1) is 14.2 Å². The largest absolute Gasteiger partial charge is 0.497 e. The van der Waals surface area contributed by atoms with Crippen molar-refractivity contribution in [3.8, 4) is 11.5 Å². The number of carbonyl (C=O) groups is 1. The Morgan fingerprint density at radius 1 is 1.16 bits per heavy atom. The van der Waals surface area contributed by atoms with Gasteiger partial charge in [-0.1, -0.05) is 0 Å². The summed E-state index contributed by atoms with van der Waals surface area (Å²) in [5.41, 5.74) is 5.91. The van der Waals surface area contributed by atoms with E-state index in [1.807, 2.05) is 0 Å². The molecule has 0 unspecified atom stereocenters. The highest BCUT2D eigenvalue weighted by molar-refractivity contribution is 5.95. The predicted molar refractivity (Wildman–Crippen MR) is 77.4 cm³/mol. The van der Waals surface area contributed by atoms with Crippen LogP contribution in [0.25, 0.3) is 0 Å². The molecule has 0 aromatic heterocycles. The molecule has 0 radical (unpaired) electrons. The Morgan fingerprint density at radius 3 is 2.21 bits per heavy atom. The van der Waals surface area contributed by atoms with Crippen LogP contribution in [0.15, 0.2) is 18.2 Å². The lowest BCUT2D eigenvalue weighted by atomic mass is 10.2. The molecule has 0 aliphatic rings. The van der Waals surface area contributed by atoms with Gasteiger partial charge >= 0.3 is 0 Å². The minimum absolute atomic E-state index is 0. The van der Waals surface area contributed by atoms with Crippen LogP contribution in [0.1, 0.15) is 23.2 Å². The van der Waals surface area contributed by atoms with Gasteiger partial charge in [-0.3, -0.25) is 4.79 Å². The molecule has 3 N–H and O–H groups in total. The molecule has 5 nitrogen and oxygen atoms in total. The van der Waals surface area contributed by atoms with Gasteiger partial charge in [-0.25, -0.2) is 0 Å².